The lowest BCUT2D eigenvalue weighted by atomic mass is 10.1. The number of hydrogen-bond donors (Lipinski definition) is 2. The largest absolute Gasteiger partial charge is 0.419 e. The molecule has 0 unspecified atom stereocenters. The lowest BCUT2D eigenvalue weighted by molar-refractivity contribution is -0.222. The van der Waals surface area contributed by atoms with E-state index < -0.39 is 17.7 Å². The summed E-state index contributed by atoms with van der Waals surface area (Å²) in [5.41, 5.74) is 1.95. The highest BCUT2D eigenvalue weighted by atomic mass is 16.7. The highest BCUT2D eigenvalue weighted by Crippen LogP contribution is 2.29. The first kappa shape index (κ1) is 18.9. The number of cyclic esters (lactones) is 2. The fraction of sp³-hybridized carbons (Fsp3) is 0.450. The smallest absolute Gasteiger partial charge is 0.350 e. The minimum atomic E-state index is -1.27. The Kier molecular flexibility index (Phi) is 5.21. The molecule has 1 aromatic rings. The molecular weight excluding hydrogens is 348 g/mol. The molecule has 1 aromatic carbocycles. The summed E-state index contributed by atoms with van der Waals surface area (Å²) in [7, 11) is 0. The number of amides is 1. The summed E-state index contributed by atoms with van der Waals surface area (Å²) >= 11 is 0. The van der Waals surface area contributed by atoms with Gasteiger partial charge in [0.25, 0.3) is 5.79 Å². The second-order valence-corrected chi connectivity index (χ2v) is 7.33. The number of anilines is 2. The van der Waals surface area contributed by atoms with E-state index in [1.54, 1.807) is 12.1 Å². The molecule has 144 valence electrons. The molecule has 0 bridgehead atoms. The Morgan fingerprint density at radius 3 is 2.33 bits per heavy atom. The number of hydrogen-bond acceptors (Lipinski definition) is 6. The third kappa shape index (κ3) is 4.30. The van der Waals surface area contributed by atoms with E-state index in [2.05, 4.69) is 10.6 Å². The van der Waals surface area contributed by atoms with Gasteiger partial charge < -0.3 is 20.1 Å². The van der Waals surface area contributed by atoms with Crippen molar-refractivity contribution in [3.8, 4) is 0 Å². The summed E-state index contributed by atoms with van der Waals surface area (Å²) in [5.74, 6) is -2.66. The van der Waals surface area contributed by atoms with Crippen LogP contribution in [0.2, 0.25) is 0 Å². The van der Waals surface area contributed by atoms with Crippen LogP contribution >= 0.6 is 0 Å². The minimum absolute atomic E-state index is 0.0350. The summed E-state index contributed by atoms with van der Waals surface area (Å²) < 4.78 is 10.1. The van der Waals surface area contributed by atoms with Crippen LogP contribution in [0, 0.1) is 12.8 Å². The summed E-state index contributed by atoms with van der Waals surface area (Å²) in [6.07, 6.45) is 5.31. The van der Waals surface area contributed by atoms with Crippen LogP contribution in [0.25, 0.3) is 0 Å². The molecule has 1 saturated heterocycles. The first-order valence-corrected chi connectivity index (χ1v) is 9.11. The molecule has 7 heteroatoms. The van der Waals surface area contributed by atoms with Crippen molar-refractivity contribution in [2.45, 2.75) is 52.2 Å². The van der Waals surface area contributed by atoms with Gasteiger partial charge in [-0.2, -0.15) is 0 Å². The SMILES string of the molecule is Cc1c(NC=C2C(=O)OC(C)(C)OC2=O)cccc1NC(=O)C1CCCC1. The number of carbonyl (C=O) groups is 3. The lowest BCUT2D eigenvalue weighted by Crippen LogP contribution is -2.42. The summed E-state index contributed by atoms with van der Waals surface area (Å²) in [6.45, 7) is 4.84. The molecule has 2 aliphatic rings. The normalized spacial score (nSPS) is 19.3. The molecule has 0 radical (unpaired) electrons. The predicted molar refractivity (Wildman–Crippen MR) is 99.7 cm³/mol. The zero-order valence-electron chi connectivity index (χ0n) is 15.8. The first-order chi connectivity index (χ1) is 12.8. The molecule has 27 heavy (non-hydrogen) atoms. The fourth-order valence-electron chi connectivity index (χ4n) is 3.28. The molecule has 2 N–H and O–H groups in total. The molecule has 0 atom stereocenters. The first-order valence-electron chi connectivity index (χ1n) is 9.11. The monoisotopic (exact) mass is 372 g/mol. The number of nitrogens with one attached hydrogen (secondary N) is 2. The van der Waals surface area contributed by atoms with Crippen molar-refractivity contribution < 1.29 is 23.9 Å². The van der Waals surface area contributed by atoms with Crippen LogP contribution < -0.4 is 10.6 Å². The molecule has 2 fully saturated rings. The van der Waals surface area contributed by atoms with Gasteiger partial charge in [0.15, 0.2) is 5.57 Å². The van der Waals surface area contributed by atoms with Crippen molar-refractivity contribution in [2.75, 3.05) is 10.6 Å². The Morgan fingerprint density at radius 2 is 1.70 bits per heavy atom. The van der Waals surface area contributed by atoms with Crippen LogP contribution in [-0.4, -0.2) is 23.6 Å². The second kappa shape index (κ2) is 7.42. The molecule has 1 aliphatic carbocycles. The van der Waals surface area contributed by atoms with Gasteiger partial charge in [0.05, 0.1) is 0 Å². The van der Waals surface area contributed by atoms with Gasteiger partial charge in [0.2, 0.25) is 5.91 Å². The Balaban J connectivity index is 1.73. The third-order valence-corrected chi connectivity index (χ3v) is 4.81. The van der Waals surface area contributed by atoms with Crippen molar-refractivity contribution in [3.63, 3.8) is 0 Å². The van der Waals surface area contributed by atoms with Gasteiger partial charge in [-0.15, -0.1) is 0 Å². The molecule has 1 saturated carbocycles. The number of esters is 2. The Hall–Kier alpha value is -2.83. The van der Waals surface area contributed by atoms with Crippen LogP contribution in [0.5, 0.6) is 0 Å². The zero-order chi connectivity index (χ0) is 19.6. The van der Waals surface area contributed by atoms with E-state index >= 15 is 0 Å². The highest BCUT2D eigenvalue weighted by molar-refractivity contribution is 6.15. The summed E-state index contributed by atoms with van der Waals surface area (Å²) in [5, 5.41) is 5.91. The van der Waals surface area contributed by atoms with Gasteiger partial charge in [-0.1, -0.05) is 18.9 Å². The Morgan fingerprint density at radius 1 is 1.11 bits per heavy atom. The standard InChI is InChI=1S/C20H24N2O5/c1-12-15(21-11-14-18(24)26-20(2,3)27-19(14)25)9-6-10-16(12)22-17(23)13-7-4-5-8-13/h6,9-11,13,21H,4-5,7-8H2,1-3H3,(H,22,23). The van der Waals surface area contributed by atoms with Crippen molar-refractivity contribution in [1.29, 1.82) is 0 Å². The number of carbonyl (C=O) groups excluding carboxylic acids is 3. The predicted octanol–water partition coefficient (Wildman–Crippen LogP) is 3.26. The molecule has 3 rings (SSSR count). The van der Waals surface area contributed by atoms with Crippen LogP contribution in [0.15, 0.2) is 30.0 Å². The molecule has 7 nitrogen and oxygen atoms in total. The van der Waals surface area contributed by atoms with Crippen molar-refractivity contribution in [3.05, 3.63) is 35.5 Å². The van der Waals surface area contributed by atoms with E-state index in [1.165, 1.54) is 20.0 Å². The van der Waals surface area contributed by atoms with E-state index in [4.69, 9.17) is 9.47 Å². The van der Waals surface area contributed by atoms with Gasteiger partial charge in [-0.3, -0.25) is 4.79 Å². The van der Waals surface area contributed by atoms with Gasteiger partial charge in [-0.25, -0.2) is 9.59 Å². The van der Waals surface area contributed by atoms with Crippen LogP contribution in [0.3, 0.4) is 0 Å². The van der Waals surface area contributed by atoms with Gasteiger partial charge in [0.1, 0.15) is 0 Å². The van der Waals surface area contributed by atoms with E-state index in [1.807, 2.05) is 13.0 Å². The fourth-order valence-corrected chi connectivity index (χ4v) is 3.28. The maximum atomic E-state index is 12.4. The number of ether oxygens (including phenoxy) is 2. The summed E-state index contributed by atoms with van der Waals surface area (Å²) in [4.78, 5) is 36.4. The van der Waals surface area contributed by atoms with Gasteiger partial charge in [0, 0.05) is 37.3 Å². The van der Waals surface area contributed by atoms with Crippen molar-refractivity contribution in [2.24, 2.45) is 5.92 Å². The van der Waals surface area contributed by atoms with Gasteiger partial charge in [-0.05, 0) is 37.5 Å². The Labute approximate surface area is 158 Å². The maximum Gasteiger partial charge on any atom is 0.350 e. The molecule has 1 aliphatic heterocycles. The lowest BCUT2D eigenvalue weighted by Gasteiger charge is -2.29. The van der Waals surface area contributed by atoms with E-state index in [-0.39, 0.29) is 17.4 Å². The molecule has 0 aromatic heterocycles. The second-order valence-electron chi connectivity index (χ2n) is 7.33. The Bertz CT molecular complexity index is 785. The van der Waals surface area contributed by atoms with E-state index in [9.17, 15) is 14.4 Å². The molecule has 1 heterocycles. The molecular formula is C20H24N2O5. The van der Waals surface area contributed by atoms with Crippen LogP contribution in [-0.2, 0) is 23.9 Å². The summed E-state index contributed by atoms with van der Waals surface area (Å²) in [6, 6.07) is 5.41. The van der Waals surface area contributed by atoms with Gasteiger partial charge >= 0.3 is 11.9 Å². The van der Waals surface area contributed by atoms with Crippen LogP contribution in [0.1, 0.15) is 45.1 Å². The quantitative estimate of drug-likeness (QED) is 0.479. The van der Waals surface area contributed by atoms with Crippen LogP contribution in [0.4, 0.5) is 11.4 Å². The zero-order valence-corrected chi connectivity index (χ0v) is 15.8. The molecule has 0 spiro atoms. The third-order valence-electron chi connectivity index (χ3n) is 4.81. The number of rotatable bonds is 4. The average molecular weight is 372 g/mol. The minimum Gasteiger partial charge on any atom is -0.419 e. The highest BCUT2D eigenvalue weighted by Gasteiger charge is 2.39. The average Bonchev–Trinajstić information content (AvgIpc) is 3.10. The molecule has 1 amide bonds. The van der Waals surface area contributed by atoms with E-state index in [0.29, 0.717) is 11.4 Å². The van der Waals surface area contributed by atoms with Crippen molar-refractivity contribution in [1.82, 2.24) is 0 Å². The maximum absolute atomic E-state index is 12.4. The van der Waals surface area contributed by atoms with Crippen molar-refractivity contribution >= 4 is 29.2 Å². The topological polar surface area (TPSA) is 93.7 Å². The van der Waals surface area contributed by atoms with E-state index in [0.717, 1.165) is 31.2 Å². The number of benzene rings is 1.